The van der Waals surface area contributed by atoms with Crippen LogP contribution in [0.3, 0.4) is 0 Å². The quantitative estimate of drug-likeness (QED) is 0.0383. The molecule has 0 unspecified atom stereocenters. The van der Waals surface area contributed by atoms with Crippen LogP contribution in [0.15, 0.2) is 0 Å². The Morgan fingerprint density at radius 2 is 1.10 bits per heavy atom. The van der Waals surface area contributed by atoms with Gasteiger partial charge in [0.1, 0.15) is 41.8 Å². The number of rotatable bonds is 25. The first-order chi connectivity index (χ1) is 26.8. The molecular formula is C34H60N10O12S2. The fourth-order valence-corrected chi connectivity index (χ4v) is 5.23. The van der Waals surface area contributed by atoms with Crippen LogP contribution in [-0.4, -0.2) is 148 Å². The number of thiol groups is 2. The van der Waals surface area contributed by atoms with Gasteiger partial charge >= 0.3 is 5.97 Å². The Balaban J connectivity index is 5.56. The van der Waals surface area contributed by atoms with E-state index in [1.54, 1.807) is 27.7 Å². The minimum atomic E-state index is -1.61. The number of carbonyl (C=O) groups is 10. The number of aliphatic carboxylic acids is 1. The summed E-state index contributed by atoms with van der Waals surface area (Å²) in [6.45, 7) is 10.4. The third-order valence-corrected chi connectivity index (χ3v) is 8.83. The summed E-state index contributed by atoms with van der Waals surface area (Å²) in [5.41, 5.74) is 3.59. The number of amides is 9. The van der Waals surface area contributed by atoms with Gasteiger partial charge in [-0.1, -0.05) is 27.7 Å². The summed E-state index contributed by atoms with van der Waals surface area (Å²) in [6.07, 6.45) is -1.36. The summed E-state index contributed by atoms with van der Waals surface area (Å²) in [7, 11) is 0. The molecule has 0 saturated carbocycles. The number of carboxylic acids is 1. The second kappa shape index (κ2) is 25.6. The van der Waals surface area contributed by atoms with E-state index in [1.165, 1.54) is 27.7 Å². The Labute approximate surface area is 348 Å². The van der Waals surface area contributed by atoms with E-state index in [-0.39, 0.29) is 30.4 Å². The summed E-state index contributed by atoms with van der Waals surface area (Å²) >= 11 is 7.93. The monoisotopic (exact) mass is 864 g/mol. The number of nitrogens with two attached hydrogens (primary N) is 1. The number of hydrogen-bond acceptors (Lipinski definition) is 14. The standard InChI is InChI=1S/C34H60N10O12S2/c1-15(2)9-19(28(50)38-17(5)27(49)44-34(7,8)33(56)41-21(14-58)32(54)55)39-24(48)12-37-30(52)25(16(3)4)42-31(53)26(18(6)45)43-29(51)20(13-57)40-23(47)11-36-22(46)10-35/h15-21,25-26,45,57-58H,9-14,35H2,1-8H3,(H,36,46)(H,37,52)(H,38,50)(H,39,48)(H,40,47)(H,41,56)(H,42,53)(H,43,51)(H,44,49)(H,54,55)/t17-,18+,19-,20-,21-,25-,26-/m0/s1. The van der Waals surface area contributed by atoms with Crippen LogP contribution in [0.4, 0.5) is 0 Å². The molecule has 9 amide bonds. The summed E-state index contributed by atoms with van der Waals surface area (Å²) in [4.78, 5) is 126. The van der Waals surface area contributed by atoms with Crippen molar-refractivity contribution < 1.29 is 58.2 Å². The SMILES string of the molecule is CC(C)C[C@H](NC(=O)CNC(=O)[C@@H](NC(=O)[C@@H](NC(=O)[C@H](CS)NC(=O)CNC(=O)CN)[C@@H](C)O)C(C)C)C(=O)N[C@@H](C)C(=O)NC(C)(C)C(=O)N[C@@H](CS)C(=O)O. The molecule has 0 radical (unpaired) electrons. The maximum Gasteiger partial charge on any atom is 0.327 e. The Kier molecular flexibility index (Phi) is 23.6. The molecule has 0 aromatic heterocycles. The minimum Gasteiger partial charge on any atom is -0.480 e. The molecule has 0 bridgehead atoms. The van der Waals surface area contributed by atoms with E-state index in [0.29, 0.717) is 0 Å². The van der Waals surface area contributed by atoms with Gasteiger partial charge in [0.25, 0.3) is 0 Å². The van der Waals surface area contributed by atoms with E-state index in [0.717, 1.165) is 0 Å². The van der Waals surface area contributed by atoms with Crippen molar-refractivity contribution in [2.75, 3.05) is 31.1 Å². The summed E-state index contributed by atoms with van der Waals surface area (Å²) in [5, 5.41) is 40.9. The van der Waals surface area contributed by atoms with Gasteiger partial charge in [0.15, 0.2) is 0 Å². The predicted molar refractivity (Wildman–Crippen MR) is 216 cm³/mol. The van der Waals surface area contributed by atoms with Gasteiger partial charge < -0.3 is 63.8 Å². The molecule has 22 nitrogen and oxygen atoms in total. The molecule has 330 valence electrons. The zero-order valence-corrected chi connectivity index (χ0v) is 35.7. The number of aliphatic hydroxyl groups is 1. The molecule has 58 heavy (non-hydrogen) atoms. The summed E-state index contributed by atoms with van der Waals surface area (Å²) in [6, 6.07) is -7.86. The van der Waals surface area contributed by atoms with Crippen LogP contribution in [0, 0.1) is 11.8 Å². The van der Waals surface area contributed by atoms with Crippen molar-refractivity contribution in [3.8, 4) is 0 Å². The molecule has 0 aliphatic rings. The lowest BCUT2D eigenvalue weighted by Crippen LogP contribution is -2.62. The minimum absolute atomic E-state index is 0.119. The molecule has 0 aliphatic carbocycles. The van der Waals surface area contributed by atoms with Crippen molar-refractivity contribution in [3.05, 3.63) is 0 Å². The van der Waals surface area contributed by atoms with E-state index >= 15 is 0 Å². The first-order valence-corrected chi connectivity index (χ1v) is 19.6. The number of hydrogen-bond donors (Lipinski definition) is 14. The molecule has 0 spiro atoms. The van der Waals surface area contributed by atoms with E-state index < -0.39 is 126 Å². The number of nitrogens with one attached hydrogen (secondary N) is 9. The van der Waals surface area contributed by atoms with Gasteiger partial charge in [0.2, 0.25) is 53.2 Å². The summed E-state index contributed by atoms with van der Waals surface area (Å²) < 4.78 is 0. The molecule has 0 aliphatic heterocycles. The fraction of sp³-hybridized carbons (Fsp3) is 0.706. The zero-order chi connectivity index (χ0) is 45.1. The van der Waals surface area contributed by atoms with E-state index in [1.807, 2.05) is 0 Å². The largest absolute Gasteiger partial charge is 0.480 e. The Hall–Kier alpha value is -4.68. The van der Waals surface area contributed by atoms with Crippen LogP contribution in [-0.2, 0) is 47.9 Å². The van der Waals surface area contributed by atoms with Crippen LogP contribution in [0.25, 0.3) is 0 Å². The molecule has 13 N–H and O–H groups in total. The van der Waals surface area contributed by atoms with Gasteiger partial charge in [-0.15, -0.1) is 0 Å². The average Bonchev–Trinajstić information content (AvgIpc) is 3.13. The lowest BCUT2D eigenvalue weighted by Gasteiger charge is -2.29. The van der Waals surface area contributed by atoms with Crippen LogP contribution in [0.2, 0.25) is 0 Å². The van der Waals surface area contributed by atoms with Crippen molar-refractivity contribution >= 4 is 84.4 Å². The maximum absolute atomic E-state index is 13.2. The second-order valence-corrected chi connectivity index (χ2v) is 15.3. The fourth-order valence-electron chi connectivity index (χ4n) is 4.73. The average molecular weight is 865 g/mol. The highest BCUT2D eigenvalue weighted by molar-refractivity contribution is 7.80. The van der Waals surface area contributed by atoms with Crippen LogP contribution in [0.1, 0.15) is 61.8 Å². The van der Waals surface area contributed by atoms with Crippen molar-refractivity contribution in [1.82, 2.24) is 47.9 Å². The maximum atomic E-state index is 13.2. The van der Waals surface area contributed by atoms with Gasteiger partial charge in [-0.3, -0.25) is 43.2 Å². The van der Waals surface area contributed by atoms with E-state index in [4.69, 9.17) is 5.73 Å². The van der Waals surface area contributed by atoms with Crippen LogP contribution < -0.4 is 53.6 Å². The van der Waals surface area contributed by atoms with Gasteiger partial charge in [-0.25, -0.2) is 4.79 Å². The highest BCUT2D eigenvalue weighted by Crippen LogP contribution is 2.09. The molecule has 0 aromatic rings. The molecule has 24 heteroatoms. The van der Waals surface area contributed by atoms with Crippen LogP contribution in [0.5, 0.6) is 0 Å². The van der Waals surface area contributed by atoms with Gasteiger partial charge in [-0.2, -0.15) is 25.3 Å². The van der Waals surface area contributed by atoms with Crippen molar-refractivity contribution in [2.45, 2.75) is 110 Å². The number of carbonyl (C=O) groups excluding carboxylic acids is 9. The molecule has 0 saturated heterocycles. The molecule has 0 fully saturated rings. The highest BCUT2D eigenvalue weighted by atomic mass is 32.1. The molecular weight excluding hydrogens is 805 g/mol. The number of aliphatic hydroxyl groups excluding tert-OH is 1. The van der Waals surface area contributed by atoms with Gasteiger partial charge in [-0.05, 0) is 46.0 Å². The lowest BCUT2D eigenvalue weighted by molar-refractivity contribution is -0.142. The number of carboxylic acid groups (broad SMARTS) is 1. The van der Waals surface area contributed by atoms with Crippen LogP contribution >= 0.6 is 25.3 Å². The molecule has 0 heterocycles. The summed E-state index contributed by atoms with van der Waals surface area (Å²) in [5.74, 6) is -9.66. The third-order valence-electron chi connectivity index (χ3n) is 8.10. The topological polar surface area (TPSA) is 345 Å². The third kappa shape index (κ3) is 19.2. The molecule has 0 rings (SSSR count). The smallest absolute Gasteiger partial charge is 0.327 e. The highest BCUT2D eigenvalue weighted by Gasteiger charge is 2.36. The lowest BCUT2D eigenvalue weighted by atomic mass is 10.0. The second-order valence-electron chi connectivity index (χ2n) is 14.6. The van der Waals surface area contributed by atoms with Gasteiger partial charge in [0, 0.05) is 11.5 Å². The van der Waals surface area contributed by atoms with E-state index in [9.17, 15) is 58.2 Å². The Bertz CT molecular complexity index is 1500. The predicted octanol–water partition coefficient (Wildman–Crippen LogP) is -4.97. The molecule has 7 atom stereocenters. The normalized spacial score (nSPS) is 14.9. The van der Waals surface area contributed by atoms with Crippen molar-refractivity contribution in [1.29, 1.82) is 0 Å². The Morgan fingerprint density at radius 1 is 0.603 bits per heavy atom. The Morgan fingerprint density at radius 3 is 1.57 bits per heavy atom. The molecule has 0 aromatic carbocycles. The zero-order valence-electron chi connectivity index (χ0n) is 33.9. The first-order valence-electron chi connectivity index (χ1n) is 18.3. The van der Waals surface area contributed by atoms with Gasteiger partial charge in [0.05, 0.1) is 25.7 Å². The van der Waals surface area contributed by atoms with Crippen molar-refractivity contribution in [2.24, 2.45) is 17.6 Å². The first kappa shape index (κ1) is 53.3. The van der Waals surface area contributed by atoms with E-state index in [2.05, 4.69) is 73.1 Å². The van der Waals surface area contributed by atoms with Crippen molar-refractivity contribution in [3.63, 3.8) is 0 Å².